The van der Waals surface area contributed by atoms with Gasteiger partial charge in [-0.1, -0.05) is 19.1 Å². The number of rotatable bonds is 4. The lowest BCUT2D eigenvalue weighted by molar-refractivity contribution is -0.141. The summed E-state index contributed by atoms with van der Waals surface area (Å²) in [5.74, 6) is -1.11. The maximum Gasteiger partial charge on any atom is 0.306 e. The molecule has 1 aromatic carbocycles. The third-order valence-corrected chi connectivity index (χ3v) is 2.75. The van der Waals surface area contributed by atoms with Crippen LogP contribution in [0.4, 0.5) is 0 Å². The first kappa shape index (κ1) is 11.5. The minimum atomic E-state index is -0.765. The van der Waals surface area contributed by atoms with Gasteiger partial charge < -0.3 is 5.11 Å². The van der Waals surface area contributed by atoms with Crippen molar-refractivity contribution in [1.82, 2.24) is 9.97 Å². The molecule has 0 saturated heterocycles. The molecule has 4 heteroatoms. The molecule has 0 aliphatic rings. The standard InChI is InChI=1S/C13H14N2O2/c1-9(13(16)17)6-7-10-8-14-11-4-2-3-5-12(11)15-10/h2-5,8-9H,6-7H2,1H3,(H,16,17). The van der Waals surface area contributed by atoms with Gasteiger partial charge in [-0.15, -0.1) is 0 Å². The molecule has 17 heavy (non-hydrogen) atoms. The fourth-order valence-electron chi connectivity index (χ4n) is 1.60. The number of carboxylic acid groups (broad SMARTS) is 1. The van der Waals surface area contributed by atoms with E-state index in [0.29, 0.717) is 12.8 Å². The first-order valence-electron chi connectivity index (χ1n) is 5.60. The number of hydrogen-bond acceptors (Lipinski definition) is 3. The van der Waals surface area contributed by atoms with Crippen molar-refractivity contribution in [3.05, 3.63) is 36.2 Å². The lowest BCUT2D eigenvalue weighted by Gasteiger charge is -2.05. The lowest BCUT2D eigenvalue weighted by atomic mass is 10.0. The van der Waals surface area contributed by atoms with E-state index >= 15 is 0 Å². The van der Waals surface area contributed by atoms with Crippen LogP contribution >= 0.6 is 0 Å². The van der Waals surface area contributed by atoms with Crippen LogP contribution in [0.5, 0.6) is 0 Å². The largest absolute Gasteiger partial charge is 0.481 e. The number of para-hydroxylation sites is 2. The molecule has 0 amide bonds. The third kappa shape index (κ3) is 2.78. The molecule has 88 valence electrons. The van der Waals surface area contributed by atoms with E-state index in [9.17, 15) is 4.79 Å². The SMILES string of the molecule is CC(CCc1cnc2ccccc2n1)C(=O)O. The first-order chi connectivity index (χ1) is 8.16. The van der Waals surface area contributed by atoms with Gasteiger partial charge in [-0.3, -0.25) is 9.78 Å². The number of carboxylic acids is 1. The average molecular weight is 230 g/mol. The zero-order chi connectivity index (χ0) is 12.3. The van der Waals surface area contributed by atoms with Crippen LogP contribution in [0.1, 0.15) is 19.0 Å². The van der Waals surface area contributed by atoms with E-state index in [4.69, 9.17) is 5.11 Å². The van der Waals surface area contributed by atoms with Crippen molar-refractivity contribution in [1.29, 1.82) is 0 Å². The van der Waals surface area contributed by atoms with Crippen LogP contribution in [0.25, 0.3) is 11.0 Å². The molecular formula is C13H14N2O2. The van der Waals surface area contributed by atoms with Crippen LogP contribution in [0.2, 0.25) is 0 Å². The summed E-state index contributed by atoms with van der Waals surface area (Å²) in [4.78, 5) is 19.4. The molecule has 1 N–H and O–H groups in total. The number of benzene rings is 1. The van der Waals surface area contributed by atoms with Crippen molar-refractivity contribution in [3.63, 3.8) is 0 Å². The zero-order valence-electron chi connectivity index (χ0n) is 9.63. The second-order valence-electron chi connectivity index (χ2n) is 4.13. The van der Waals surface area contributed by atoms with Gasteiger partial charge in [0.15, 0.2) is 0 Å². The predicted molar refractivity (Wildman–Crippen MR) is 64.7 cm³/mol. The molecule has 2 aromatic rings. The quantitative estimate of drug-likeness (QED) is 0.875. The molecule has 0 aliphatic carbocycles. The van der Waals surface area contributed by atoms with E-state index in [2.05, 4.69) is 9.97 Å². The van der Waals surface area contributed by atoms with E-state index in [0.717, 1.165) is 16.7 Å². The molecule has 1 atom stereocenters. The molecule has 0 saturated carbocycles. The summed E-state index contributed by atoms with van der Waals surface area (Å²) in [6, 6.07) is 7.66. The monoisotopic (exact) mass is 230 g/mol. The Balaban J connectivity index is 2.12. The van der Waals surface area contributed by atoms with Crippen molar-refractivity contribution in [2.75, 3.05) is 0 Å². The molecule has 1 unspecified atom stereocenters. The fraction of sp³-hybridized carbons (Fsp3) is 0.308. The average Bonchev–Trinajstić information content (AvgIpc) is 2.35. The second kappa shape index (κ2) is 4.91. The van der Waals surface area contributed by atoms with Crippen molar-refractivity contribution in [2.45, 2.75) is 19.8 Å². The Hall–Kier alpha value is -1.97. The molecule has 1 aromatic heterocycles. The van der Waals surface area contributed by atoms with E-state index in [1.165, 1.54) is 0 Å². The molecule has 0 bridgehead atoms. The van der Waals surface area contributed by atoms with Crippen LogP contribution in [0.3, 0.4) is 0 Å². The maximum atomic E-state index is 10.7. The van der Waals surface area contributed by atoms with Gasteiger partial charge >= 0.3 is 5.97 Å². The number of nitrogens with zero attached hydrogens (tertiary/aromatic N) is 2. The summed E-state index contributed by atoms with van der Waals surface area (Å²) < 4.78 is 0. The highest BCUT2D eigenvalue weighted by molar-refractivity contribution is 5.73. The van der Waals surface area contributed by atoms with Gasteiger partial charge in [-0.25, -0.2) is 4.98 Å². The van der Waals surface area contributed by atoms with Crippen LogP contribution < -0.4 is 0 Å². The zero-order valence-corrected chi connectivity index (χ0v) is 9.63. The van der Waals surface area contributed by atoms with Gasteiger partial charge in [0.2, 0.25) is 0 Å². The van der Waals surface area contributed by atoms with E-state index < -0.39 is 5.97 Å². The Morgan fingerprint density at radius 1 is 1.35 bits per heavy atom. The highest BCUT2D eigenvalue weighted by Gasteiger charge is 2.11. The number of fused-ring (bicyclic) bond motifs is 1. The Kier molecular flexibility index (Phi) is 3.32. The molecule has 0 spiro atoms. The highest BCUT2D eigenvalue weighted by Crippen LogP contribution is 2.12. The van der Waals surface area contributed by atoms with E-state index in [1.54, 1.807) is 13.1 Å². The van der Waals surface area contributed by atoms with Gasteiger partial charge in [0.25, 0.3) is 0 Å². The van der Waals surface area contributed by atoms with Crippen molar-refractivity contribution >= 4 is 17.0 Å². The fourth-order valence-corrected chi connectivity index (χ4v) is 1.60. The summed E-state index contributed by atoms with van der Waals surface area (Å²) >= 11 is 0. The molecule has 2 rings (SSSR count). The molecule has 0 aliphatic heterocycles. The Bertz CT molecular complexity index is 540. The molecular weight excluding hydrogens is 216 g/mol. The van der Waals surface area contributed by atoms with Crippen LogP contribution in [0.15, 0.2) is 30.5 Å². The third-order valence-electron chi connectivity index (χ3n) is 2.75. The van der Waals surface area contributed by atoms with Gasteiger partial charge in [-0.05, 0) is 25.0 Å². The summed E-state index contributed by atoms with van der Waals surface area (Å²) in [6.07, 6.45) is 2.95. The number of carbonyl (C=O) groups is 1. The predicted octanol–water partition coefficient (Wildman–Crippen LogP) is 2.28. The van der Waals surface area contributed by atoms with E-state index in [1.807, 2.05) is 24.3 Å². The van der Waals surface area contributed by atoms with Crippen LogP contribution in [-0.4, -0.2) is 21.0 Å². The summed E-state index contributed by atoms with van der Waals surface area (Å²) in [6.45, 7) is 1.71. The number of hydrogen-bond donors (Lipinski definition) is 1. The Morgan fingerprint density at radius 2 is 2.06 bits per heavy atom. The normalized spacial score (nSPS) is 12.5. The van der Waals surface area contributed by atoms with Gasteiger partial charge in [0.05, 0.1) is 22.6 Å². The minimum absolute atomic E-state index is 0.344. The second-order valence-corrected chi connectivity index (χ2v) is 4.13. The molecule has 4 nitrogen and oxygen atoms in total. The Labute approximate surface area is 99.3 Å². The summed E-state index contributed by atoms with van der Waals surface area (Å²) in [5.41, 5.74) is 2.56. The van der Waals surface area contributed by atoms with Gasteiger partial charge in [-0.2, -0.15) is 0 Å². The molecule has 0 radical (unpaired) electrons. The van der Waals surface area contributed by atoms with Gasteiger partial charge in [0.1, 0.15) is 0 Å². The topological polar surface area (TPSA) is 63.1 Å². The smallest absolute Gasteiger partial charge is 0.306 e. The summed E-state index contributed by atoms with van der Waals surface area (Å²) in [7, 11) is 0. The summed E-state index contributed by atoms with van der Waals surface area (Å²) in [5, 5.41) is 8.80. The van der Waals surface area contributed by atoms with Crippen molar-refractivity contribution in [3.8, 4) is 0 Å². The molecule has 1 heterocycles. The Morgan fingerprint density at radius 3 is 2.76 bits per heavy atom. The van der Waals surface area contributed by atoms with Gasteiger partial charge in [0, 0.05) is 6.20 Å². The van der Waals surface area contributed by atoms with Crippen molar-refractivity contribution < 1.29 is 9.90 Å². The minimum Gasteiger partial charge on any atom is -0.481 e. The van der Waals surface area contributed by atoms with Crippen molar-refractivity contribution in [2.24, 2.45) is 5.92 Å². The first-order valence-corrected chi connectivity index (χ1v) is 5.60. The number of aliphatic carboxylic acids is 1. The van der Waals surface area contributed by atoms with Crippen LogP contribution in [0, 0.1) is 5.92 Å². The van der Waals surface area contributed by atoms with E-state index in [-0.39, 0.29) is 5.92 Å². The highest BCUT2D eigenvalue weighted by atomic mass is 16.4. The maximum absolute atomic E-state index is 10.7. The number of aromatic nitrogens is 2. The molecule has 0 fully saturated rings. The lowest BCUT2D eigenvalue weighted by Crippen LogP contribution is -2.10. The number of aryl methyl sites for hydroxylation is 1. The van der Waals surface area contributed by atoms with Crippen LogP contribution in [-0.2, 0) is 11.2 Å².